The zero-order valence-electron chi connectivity index (χ0n) is 23.6. The third kappa shape index (κ3) is 5.23. The van der Waals surface area contributed by atoms with E-state index >= 15 is 0 Å². The van der Waals surface area contributed by atoms with Gasteiger partial charge in [-0.3, -0.25) is 14.2 Å². The molecule has 1 fully saturated rings. The molecule has 1 aliphatic rings. The number of aromatic nitrogens is 1. The van der Waals surface area contributed by atoms with Gasteiger partial charge in [0.25, 0.3) is 11.5 Å². The van der Waals surface area contributed by atoms with E-state index in [0.29, 0.717) is 0 Å². The number of nitrogens with one attached hydrogen (secondary N) is 1. The first-order valence-corrected chi connectivity index (χ1v) is 9.11. The SMILES string of the molecule is [2H]c1cc2c([O-])c(C(=O)NC([2H])([2H])CC([2H])([2H])N3CCC([2H])([2H])CC3)c(=O)n(C([2H])(C)C)c2s1.[K+]. The number of hydrogen-bond acceptors (Lipinski definition) is 5. The standard InChI is InChI=1S/C19H27N3O3S.K/c1-13(2)22-18(25)15(16(23)14-7-12-26-19(14)22)17(24)20-8-6-11-21-9-4-3-5-10-21;/h7,12-13,23H,3-6,8-11H2,1-2H3,(H,20,24);/q;+1/p-1/i3D2,8D2,11D2,12D,13D;. The number of hydrogen-bond donors (Lipinski definition) is 1. The molecular formula is C19H26KN3O3S. The van der Waals surface area contributed by atoms with Crippen LogP contribution in [0.4, 0.5) is 0 Å². The molecule has 27 heavy (non-hydrogen) atoms. The van der Waals surface area contributed by atoms with Gasteiger partial charge in [-0.05, 0) is 64.1 Å². The van der Waals surface area contributed by atoms with E-state index in [9.17, 15) is 14.7 Å². The summed E-state index contributed by atoms with van der Waals surface area (Å²) in [5.41, 5.74) is -1.99. The predicted molar refractivity (Wildman–Crippen MR) is 103 cm³/mol. The first kappa shape index (κ1) is 13.9. The van der Waals surface area contributed by atoms with Crippen molar-refractivity contribution in [1.29, 1.82) is 0 Å². The van der Waals surface area contributed by atoms with Gasteiger partial charge in [0.15, 0.2) is 0 Å². The second-order valence-electron chi connectivity index (χ2n) is 6.08. The molecule has 0 spiro atoms. The molecule has 0 saturated carbocycles. The van der Waals surface area contributed by atoms with E-state index in [1.165, 1.54) is 24.8 Å². The van der Waals surface area contributed by atoms with Crippen molar-refractivity contribution in [3.05, 3.63) is 27.3 Å². The smallest absolute Gasteiger partial charge is 0.871 e. The van der Waals surface area contributed by atoms with Crippen molar-refractivity contribution in [3.63, 3.8) is 0 Å². The third-order valence-corrected chi connectivity index (χ3v) is 4.90. The van der Waals surface area contributed by atoms with Crippen LogP contribution in [0.1, 0.15) is 66.8 Å². The summed E-state index contributed by atoms with van der Waals surface area (Å²) in [6.07, 6.45) is -2.07. The molecule has 0 atom stereocenters. The predicted octanol–water partition coefficient (Wildman–Crippen LogP) is -0.673. The molecule has 0 bridgehead atoms. The van der Waals surface area contributed by atoms with Crippen molar-refractivity contribution < 1.29 is 72.3 Å². The van der Waals surface area contributed by atoms with E-state index in [2.05, 4.69) is 0 Å². The zero-order valence-corrected chi connectivity index (χ0v) is 19.6. The van der Waals surface area contributed by atoms with Crippen LogP contribution in [0.15, 0.2) is 16.2 Å². The number of fused-ring (bicyclic) bond motifs is 1. The van der Waals surface area contributed by atoms with Gasteiger partial charge in [-0.1, -0.05) is 12.1 Å². The topological polar surface area (TPSA) is 77.4 Å². The number of carbonyl (C=O) groups excluding carboxylic acids is 1. The first-order valence-electron chi connectivity index (χ1n) is 12.3. The molecule has 0 radical (unpaired) electrons. The molecule has 1 amide bonds. The van der Waals surface area contributed by atoms with E-state index in [4.69, 9.17) is 11.0 Å². The molecule has 0 unspecified atom stereocenters. The summed E-state index contributed by atoms with van der Waals surface area (Å²) in [5.74, 6) is -2.31. The maximum atomic E-state index is 13.1. The summed E-state index contributed by atoms with van der Waals surface area (Å²) in [5, 5.41) is 14.7. The van der Waals surface area contributed by atoms with Gasteiger partial charge in [0.1, 0.15) is 4.83 Å². The average Bonchev–Trinajstić information content (AvgIpc) is 2.99. The van der Waals surface area contributed by atoms with E-state index in [0.717, 1.165) is 15.9 Å². The number of nitrogens with zero attached hydrogens (tertiary/aromatic N) is 2. The Labute approximate surface area is 217 Å². The Bertz CT molecular complexity index is 1170. The molecule has 0 aromatic carbocycles. The van der Waals surface area contributed by atoms with Gasteiger partial charge in [0.2, 0.25) is 0 Å². The minimum Gasteiger partial charge on any atom is -0.871 e. The Morgan fingerprint density at radius 2 is 2.22 bits per heavy atom. The first-order chi connectivity index (χ1) is 15.3. The fourth-order valence-corrected chi connectivity index (χ4v) is 3.70. The zero-order chi connectivity index (χ0) is 25.9. The van der Waals surface area contributed by atoms with Crippen molar-refractivity contribution in [2.45, 2.75) is 45.5 Å². The summed E-state index contributed by atoms with van der Waals surface area (Å²) in [4.78, 5) is 27.4. The fraction of sp³-hybridized carbons (Fsp3) is 0.579. The van der Waals surface area contributed by atoms with Crippen molar-refractivity contribution in [1.82, 2.24) is 14.8 Å². The Hall–Kier alpha value is -0.224. The van der Waals surface area contributed by atoms with Crippen LogP contribution in [-0.4, -0.2) is 41.5 Å². The second kappa shape index (κ2) is 10.5. The van der Waals surface area contributed by atoms with Gasteiger partial charge in [-0.25, -0.2) is 0 Å². The number of pyridine rings is 1. The van der Waals surface area contributed by atoms with Crippen LogP contribution < -0.4 is 67.4 Å². The Morgan fingerprint density at radius 1 is 1.52 bits per heavy atom. The van der Waals surface area contributed by atoms with Gasteiger partial charge in [0.05, 0.1) is 8.30 Å². The van der Waals surface area contributed by atoms with Crippen LogP contribution in [0.25, 0.3) is 10.2 Å². The quantitative estimate of drug-likeness (QED) is 0.625. The van der Waals surface area contributed by atoms with Crippen molar-refractivity contribution in [2.24, 2.45) is 0 Å². The Balaban J connectivity index is 0.00000432. The fourth-order valence-electron chi connectivity index (χ4n) is 2.79. The van der Waals surface area contributed by atoms with Crippen LogP contribution >= 0.6 is 11.3 Å². The monoisotopic (exact) mass is 423 g/mol. The molecule has 3 rings (SSSR count). The minimum atomic E-state index is -2.65. The summed E-state index contributed by atoms with van der Waals surface area (Å²) >= 11 is 0.813. The number of piperidine rings is 1. The maximum Gasteiger partial charge on any atom is 1.00 e. The summed E-state index contributed by atoms with van der Waals surface area (Å²) in [6.45, 7) is -1.99. The average molecular weight is 424 g/mol. The van der Waals surface area contributed by atoms with E-state index in [1.54, 1.807) is 0 Å². The number of likely N-dealkylation sites (tertiary alicyclic amines) is 1. The number of thiophene rings is 1. The molecule has 2 aromatic rings. The van der Waals surface area contributed by atoms with Gasteiger partial charge < -0.3 is 15.3 Å². The van der Waals surface area contributed by atoms with E-state index < -0.39 is 54.6 Å². The largest absolute Gasteiger partial charge is 1.00 e. The molecule has 0 aliphatic carbocycles. The number of rotatable bonds is 6. The van der Waals surface area contributed by atoms with Crippen LogP contribution in [0.5, 0.6) is 5.75 Å². The summed E-state index contributed by atoms with van der Waals surface area (Å²) in [7, 11) is 0. The van der Waals surface area contributed by atoms with Crippen LogP contribution in [0.2, 0.25) is 0 Å². The normalized spacial score (nSPS) is 22.7. The molecule has 1 aliphatic heterocycles. The molecular weight excluding hydrogens is 389 g/mol. The van der Waals surface area contributed by atoms with Crippen molar-refractivity contribution >= 4 is 27.5 Å². The molecule has 1 N–H and O–H groups in total. The summed E-state index contributed by atoms with van der Waals surface area (Å²) < 4.78 is 65.4. The molecule has 142 valence electrons. The van der Waals surface area contributed by atoms with Gasteiger partial charge >= 0.3 is 51.4 Å². The number of carbonyl (C=O) groups is 1. The Morgan fingerprint density at radius 3 is 2.89 bits per heavy atom. The van der Waals surface area contributed by atoms with Crippen molar-refractivity contribution in [2.75, 3.05) is 26.1 Å². The van der Waals surface area contributed by atoms with Gasteiger partial charge in [-0.2, -0.15) is 0 Å². The maximum absolute atomic E-state index is 13.1. The molecule has 6 nitrogen and oxygen atoms in total. The molecule has 8 heteroatoms. The van der Waals surface area contributed by atoms with Crippen LogP contribution in [0, 0.1) is 0 Å². The number of amides is 1. The third-order valence-electron chi connectivity index (χ3n) is 4.07. The van der Waals surface area contributed by atoms with Crippen LogP contribution in [-0.2, 0) is 0 Å². The van der Waals surface area contributed by atoms with Crippen LogP contribution in [0.3, 0.4) is 0 Å². The minimum absolute atomic E-state index is 0. The van der Waals surface area contributed by atoms with E-state index in [1.807, 2.05) is 5.32 Å². The van der Waals surface area contributed by atoms with Crippen molar-refractivity contribution in [3.8, 4) is 5.75 Å². The molecule has 2 aromatic heterocycles. The van der Waals surface area contributed by atoms with Gasteiger partial charge in [0, 0.05) is 26.1 Å². The summed E-state index contributed by atoms with van der Waals surface area (Å²) in [6, 6.07) is -0.395. The Kier molecular flexibility index (Phi) is 5.42. The molecule has 3 heterocycles. The molecule has 1 saturated heterocycles. The van der Waals surface area contributed by atoms with Gasteiger partial charge in [-0.15, -0.1) is 11.3 Å². The van der Waals surface area contributed by atoms with E-state index in [-0.39, 0.29) is 92.9 Å². The second-order valence-corrected chi connectivity index (χ2v) is 6.90.